The number of halogens is 4. The fourth-order valence-electron chi connectivity index (χ4n) is 16.8. The van der Waals surface area contributed by atoms with Gasteiger partial charge in [0.05, 0.1) is 37.7 Å². The first kappa shape index (κ1) is 83.9. The van der Waals surface area contributed by atoms with Gasteiger partial charge in [-0.1, -0.05) is 84.5 Å². The van der Waals surface area contributed by atoms with Gasteiger partial charge in [-0.3, -0.25) is 57.5 Å². The van der Waals surface area contributed by atoms with Crippen molar-refractivity contribution in [2.45, 2.75) is 253 Å². The molecule has 1 spiro atoms. The van der Waals surface area contributed by atoms with Gasteiger partial charge in [-0.05, 0) is 126 Å². The monoisotopic (exact) mass is 1500 g/mol. The van der Waals surface area contributed by atoms with Gasteiger partial charge in [0.2, 0.25) is 70.9 Å². The zero-order valence-electron chi connectivity index (χ0n) is 62.4. The second-order valence-corrected chi connectivity index (χ2v) is 33.9. The molecule has 7 rings (SSSR count). The van der Waals surface area contributed by atoms with Crippen molar-refractivity contribution in [1.29, 1.82) is 0 Å². The van der Waals surface area contributed by atoms with Crippen LogP contribution in [0.3, 0.4) is 0 Å². The number of carbonyl (C=O) groups excluding carboxylic acids is 12. The number of piperidine rings is 1. The summed E-state index contributed by atoms with van der Waals surface area (Å²) in [4.78, 5) is 191. The van der Waals surface area contributed by atoms with Crippen molar-refractivity contribution in [1.82, 2.24) is 60.0 Å². The van der Waals surface area contributed by atoms with Gasteiger partial charge < -0.3 is 60.0 Å². The molecular formula is C72H116ClF3N12O14S. The van der Waals surface area contributed by atoms with Crippen molar-refractivity contribution in [2.24, 2.45) is 29.6 Å². The van der Waals surface area contributed by atoms with E-state index in [1.165, 1.54) is 68.9 Å². The SMILES string of the molecule is CC[C@H](C)[C@@H]1NC(=O)[C@H](CCS(C)(=O)=O)N(C)C(=O)C[C@@H](C(=O)N2CCCCC2)N(C)C(=O)[C@H](C2CCCCC2)N(C)C(=O)C2(CCCC2)NC(=O)[C@@H]2CCCN2C(=O)[C@H](CCC2CCC(C(F)(F)F)C(Cl)C2)NC(=O)CN(C)C(=O)[C@H](CC2CCCCC2)N(C)C(=O)CN(C)C(=O)CN(C)C1=O. The highest BCUT2D eigenvalue weighted by Gasteiger charge is 2.52. The molecule has 0 bridgehead atoms. The Bertz CT molecular complexity index is 3150. The van der Waals surface area contributed by atoms with Crippen LogP contribution in [0.25, 0.3) is 0 Å². The Balaban J connectivity index is 1.29. The van der Waals surface area contributed by atoms with E-state index in [9.17, 15) is 50.4 Å². The molecule has 7 fully saturated rings. The van der Waals surface area contributed by atoms with Gasteiger partial charge in [0, 0.05) is 80.6 Å². The lowest BCUT2D eigenvalue weighted by molar-refractivity contribution is -0.182. The van der Waals surface area contributed by atoms with E-state index < -0.39 is 196 Å². The highest BCUT2D eigenvalue weighted by Crippen LogP contribution is 2.44. The molecule has 4 saturated carbocycles. The molecule has 3 heterocycles. The quantitative estimate of drug-likeness (QED) is 0.220. The number of likely N-dealkylation sites (tertiary alicyclic amines) is 1. The summed E-state index contributed by atoms with van der Waals surface area (Å²) in [5.74, 6) is -12.1. The molecule has 0 aromatic heterocycles. The van der Waals surface area contributed by atoms with Crippen LogP contribution in [0.4, 0.5) is 13.2 Å². The third-order valence-corrected chi connectivity index (χ3v) is 25.0. The molecule has 31 heteroatoms. The molecule has 11 atom stereocenters. The van der Waals surface area contributed by atoms with Crippen molar-refractivity contribution in [3.05, 3.63) is 0 Å². The van der Waals surface area contributed by atoms with Crippen molar-refractivity contribution in [3.8, 4) is 0 Å². The van der Waals surface area contributed by atoms with E-state index in [0.29, 0.717) is 77.3 Å². The highest BCUT2D eigenvalue weighted by atomic mass is 35.5. The summed E-state index contributed by atoms with van der Waals surface area (Å²) in [5.41, 5.74) is -1.60. The lowest BCUT2D eigenvalue weighted by Crippen LogP contribution is -2.65. The number of likely N-dealkylation sites (N-methyl/N-ethyl adjacent to an activating group) is 7. The summed E-state index contributed by atoms with van der Waals surface area (Å²) in [6.45, 7) is 2.36. The summed E-state index contributed by atoms with van der Waals surface area (Å²) >= 11 is 6.41. The first-order valence-corrected chi connectivity index (χ1v) is 40.2. The fourth-order valence-corrected chi connectivity index (χ4v) is 17.9. The van der Waals surface area contributed by atoms with Crippen LogP contribution in [-0.4, -0.2) is 283 Å². The molecule has 0 aromatic carbocycles. The summed E-state index contributed by atoms with van der Waals surface area (Å²) in [6, 6.07) is -9.34. The molecule has 103 heavy (non-hydrogen) atoms. The molecular weight excluding hydrogens is 1380 g/mol. The number of nitrogens with zero attached hydrogens (tertiary/aromatic N) is 9. The largest absolute Gasteiger partial charge is 0.393 e. The van der Waals surface area contributed by atoms with Crippen molar-refractivity contribution >= 4 is 92.3 Å². The summed E-state index contributed by atoms with van der Waals surface area (Å²) < 4.78 is 67.9. The van der Waals surface area contributed by atoms with Crippen LogP contribution in [0.15, 0.2) is 0 Å². The number of fused-ring (bicyclic) bond motifs is 1. The Labute approximate surface area is 611 Å². The standard InChI is InChI=1S/C72H116ClF3N12O14S/c1-11-46(2)61-68(98)82(5)44-59(91)80(3)45-60(92)84(7)55(41-47-24-15-12-16-25-47)66(96)81(4)43-57(89)77-52(32-30-48-29-31-50(51(73)40-48)72(74,75)76)65(95)88-38-23-28-54(88)64(94)79-71(34-19-20-35-71)70(100)86(9)62(49-26-17-13-18-27-49)69(99)85(8)56(67(97)87-36-21-14-22-37-87)42-58(90)83(6)53(63(93)78-61)33-39-103(10,101)102/h46-56,61-62H,11-45H2,1-10H3,(H,77,89)(H,78,93)(H,79,94)/t46-,48?,50?,51?,52-,53-,54-,55-,56-,61-,62-/m0/s1. The Morgan fingerprint density at radius 3 is 1.79 bits per heavy atom. The summed E-state index contributed by atoms with van der Waals surface area (Å²) in [7, 11) is 5.83. The summed E-state index contributed by atoms with van der Waals surface area (Å²) in [6.07, 6.45) is 7.27. The minimum atomic E-state index is -4.52. The molecule has 12 amide bonds. The van der Waals surface area contributed by atoms with Crippen LogP contribution < -0.4 is 16.0 Å². The normalized spacial score (nSPS) is 29.7. The second-order valence-electron chi connectivity index (χ2n) is 31.0. The smallest absolute Gasteiger partial charge is 0.343 e. The van der Waals surface area contributed by atoms with Gasteiger partial charge in [-0.15, -0.1) is 11.6 Å². The molecule has 582 valence electrons. The first-order chi connectivity index (χ1) is 48.5. The number of carbonyl (C=O) groups is 12. The molecule has 0 radical (unpaired) electrons. The van der Waals surface area contributed by atoms with Crippen LogP contribution in [-0.2, 0) is 67.4 Å². The average molecular weight is 1500 g/mol. The zero-order chi connectivity index (χ0) is 76.0. The number of alkyl halides is 4. The fraction of sp³-hybridized carbons (Fsp3) is 0.833. The Kier molecular flexibility index (Phi) is 30.4. The Morgan fingerprint density at radius 2 is 1.18 bits per heavy atom. The molecule has 26 nitrogen and oxygen atoms in total. The van der Waals surface area contributed by atoms with Crippen LogP contribution in [0.1, 0.15) is 194 Å². The zero-order valence-corrected chi connectivity index (χ0v) is 64.0. The number of amides is 12. The predicted octanol–water partition coefficient (Wildman–Crippen LogP) is 4.87. The van der Waals surface area contributed by atoms with E-state index in [1.807, 2.05) is 0 Å². The number of nitrogens with one attached hydrogen (secondary N) is 3. The lowest BCUT2D eigenvalue weighted by Gasteiger charge is -2.43. The number of sulfone groups is 1. The van der Waals surface area contributed by atoms with Crippen LogP contribution in [0.5, 0.6) is 0 Å². The molecule has 4 aliphatic carbocycles. The maximum atomic E-state index is 15.8. The van der Waals surface area contributed by atoms with E-state index in [0.717, 1.165) is 70.8 Å². The van der Waals surface area contributed by atoms with Crippen LogP contribution in [0, 0.1) is 29.6 Å². The van der Waals surface area contributed by atoms with Crippen LogP contribution >= 0.6 is 11.6 Å². The van der Waals surface area contributed by atoms with E-state index in [1.54, 1.807) is 18.7 Å². The Morgan fingerprint density at radius 1 is 0.592 bits per heavy atom. The highest BCUT2D eigenvalue weighted by molar-refractivity contribution is 7.90. The minimum absolute atomic E-state index is 0.00541. The number of rotatable bonds is 12. The molecule has 0 aromatic rings. The van der Waals surface area contributed by atoms with E-state index >= 15 is 28.8 Å². The molecule has 7 aliphatic rings. The predicted molar refractivity (Wildman–Crippen MR) is 379 cm³/mol. The molecule has 3 unspecified atom stereocenters. The van der Waals surface area contributed by atoms with E-state index in [4.69, 9.17) is 11.6 Å². The van der Waals surface area contributed by atoms with Crippen molar-refractivity contribution in [2.75, 3.05) is 101 Å². The second kappa shape index (κ2) is 37.3. The molecule has 3 saturated heterocycles. The van der Waals surface area contributed by atoms with Gasteiger partial charge in [0.15, 0.2) is 0 Å². The lowest BCUT2D eigenvalue weighted by atomic mass is 9.78. The minimum Gasteiger partial charge on any atom is -0.343 e. The topological polar surface area (TPSA) is 304 Å². The number of hydrogen-bond donors (Lipinski definition) is 3. The third kappa shape index (κ3) is 21.9. The molecule has 3 aliphatic heterocycles. The van der Waals surface area contributed by atoms with Crippen molar-refractivity contribution < 1.29 is 79.1 Å². The first-order valence-electron chi connectivity index (χ1n) is 37.7. The van der Waals surface area contributed by atoms with Crippen LogP contribution in [0.2, 0.25) is 0 Å². The van der Waals surface area contributed by atoms with Gasteiger partial charge >= 0.3 is 6.18 Å². The van der Waals surface area contributed by atoms with Gasteiger partial charge in [0.25, 0.3) is 0 Å². The third-order valence-electron chi connectivity index (χ3n) is 23.5. The number of hydrogen-bond acceptors (Lipinski definition) is 14. The van der Waals surface area contributed by atoms with E-state index in [2.05, 4.69) is 16.0 Å². The average Bonchev–Trinajstić information content (AvgIpc) is 1.11. The Hall–Kier alpha value is -6.33. The maximum absolute atomic E-state index is 15.8. The maximum Gasteiger partial charge on any atom is 0.393 e. The van der Waals surface area contributed by atoms with Crippen molar-refractivity contribution in [3.63, 3.8) is 0 Å². The summed E-state index contributed by atoms with van der Waals surface area (Å²) in [5, 5.41) is 7.42. The van der Waals surface area contributed by atoms with Gasteiger partial charge in [-0.2, -0.15) is 13.2 Å². The molecule has 3 N–H and O–H groups in total. The van der Waals surface area contributed by atoms with Gasteiger partial charge in [-0.25, -0.2) is 8.42 Å². The van der Waals surface area contributed by atoms with Gasteiger partial charge in [0.1, 0.15) is 57.7 Å². The van der Waals surface area contributed by atoms with E-state index in [-0.39, 0.29) is 76.2 Å².